The summed E-state index contributed by atoms with van der Waals surface area (Å²) in [5.74, 6) is 0. The van der Waals surface area contributed by atoms with Crippen molar-refractivity contribution in [2.75, 3.05) is 6.54 Å². The summed E-state index contributed by atoms with van der Waals surface area (Å²) in [5.41, 5.74) is 2.45. The highest BCUT2D eigenvalue weighted by atomic mass is 15.4. The van der Waals surface area contributed by atoms with Crippen LogP contribution in [0.3, 0.4) is 0 Å². The van der Waals surface area contributed by atoms with Gasteiger partial charge in [-0.2, -0.15) is 0 Å². The topological polar surface area (TPSA) is 42.7 Å². The molecule has 1 fully saturated rings. The van der Waals surface area contributed by atoms with Crippen molar-refractivity contribution in [2.24, 2.45) is 10.8 Å². The van der Waals surface area contributed by atoms with Gasteiger partial charge in [0.15, 0.2) is 0 Å². The molecule has 0 bridgehead atoms. The Morgan fingerprint density at radius 1 is 0.933 bits per heavy atom. The lowest BCUT2D eigenvalue weighted by Crippen LogP contribution is -2.39. The highest BCUT2D eigenvalue weighted by molar-refractivity contribution is 5.07. The van der Waals surface area contributed by atoms with Crippen molar-refractivity contribution in [1.29, 1.82) is 0 Å². The van der Waals surface area contributed by atoms with Gasteiger partial charge in [0, 0.05) is 12.1 Å². The normalized spacial score (nSPS) is 17.8. The molecule has 1 aliphatic carbocycles. The van der Waals surface area contributed by atoms with Gasteiger partial charge in [-0.15, -0.1) is 5.10 Å². The van der Waals surface area contributed by atoms with Gasteiger partial charge in [-0.1, -0.05) is 71.4 Å². The standard InChI is InChI=1S/C26H50N4/c1-7-10-11-12-17-25(6,16-9-3)26(18-19-26)22-30-23(21-28-29-30)14-13-20-27-24(4,5)15-8-2/h21,27H,7-20,22H2,1-6H3. The second kappa shape index (κ2) is 11.6. The van der Waals surface area contributed by atoms with Gasteiger partial charge < -0.3 is 5.32 Å². The van der Waals surface area contributed by atoms with Crippen molar-refractivity contribution in [3.05, 3.63) is 11.9 Å². The highest BCUT2D eigenvalue weighted by Crippen LogP contribution is 2.63. The Kier molecular flexibility index (Phi) is 9.84. The maximum atomic E-state index is 4.53. The Morgan fingerprint density at radius 2 is 1.67 bits per heavy atom. The van der Waals surface area contributed by atoms with E-state index < -0.39 is 0 Å². The molecule has 0 saturated heterocycles. The minimum absolute atomic E-state index is 0.241. The molecule has 0 radical (unpaired) electrons. The van der Waals surface area contributed by atoms with Crippen LogP contribution in [0, 0.1) is 10.8 Å². The molecule has 1 aromatic rings. The molecular weight excluding hydrogens is 368 g/mol. The monoisotopic (exact) mass is 418 g/mol. The molecule has 30 heavy (non-hydrogen) atoms. The maximum absolute atomic E-state index is 4.53. The predicted molar refractivity (Wildman–Crippen MR) is 129 cm³/mol. The van der Waals surface area contributed by atoms with E-state index in [1.165, 1.54) is 76.3 Å². The average molecular weight is 419 g/mol. The van der Waals surface area contributed by atoms with E-state index in [9.17, 15) is 0 Å². The van der Waals surface area contributed by atoms with Crippen LogP contribution in [0.1, 0.15) is 124 Å². The van der Waals surface area contributed by atoms with Crippen molar-refractivity contribution >= 4 is 0 Å². The number of hydrogen-bond donors (Lipinski definition) is 1. The first-order valence-electron chi connectivity index (χ1n) is 12.9. The van der Waals surface area contributed by atoms with E-state index in [4.69, 9.17) is 0 Å². The largest absolute Gasteiger partial charge is 0.312 e. The number of hydrogen-bond acceptors (Lipinski definition) is 3. The van der Waals surface area contributed by atoms with Crippen molar-refractivity contribution in [2.45, 2.75) is 137 Å². The quantitative estimate of drug-likeness (QED) is 0.279. The van der Waals surface area contributed by atoms with Crippen molar-refractivity contribution < 1.29 is 0 Å². The Bertz CT molecular complexity index is 602. The number of unbranched alkanes of at least 4 members (excludes halogenated alkanes) is 3. The zero-order valence-corrected chi connectivity index (χ0v) is 21.0. The minimum atomic E-state index is 0.241. The summed E-state index contributed by atoms with van der Waals surface area (Å²) in [6, 6.07) is 0. The van der Waals surface area contributed by atoms with Gasteiger partial charge in [0.1, 0.15) is 0 Å². The summed E-state index contributed by atoms with van der Waals surface area (Å²) in [6.07, 6.45) is 18.9. The molecule has 1 N–H and O–H groups in total. The van der Waals surface area contributed by atoms with Gasteiger partial charge >= 0.3 is 0 Å². The average Bonchev–Trinajstić information content (AvgIpc) is 3.35. The first-order valence-corrected chi connectivity index (χ1v) is 12.9. The summed E-state index contributed by atoms with van der Waals surface area (Å²) in [6.45, 7) is 16.3. The lowest BCUT2D eigenvalue weighted by molar-refractivity contribution is 0.1000. The fourth-order valence-corrected chi connectivity index (χ4v) is 5.55. The van der Waals surface area contributed by atoms with Crippen LogP contribution in [-0.4, -0.2) is 27.1 Å². The Hall–Kier alpha value is -0.900. The molecule has 0 aliphatic heterocycles. The lowest BCUT2D eigenvalue weighted by atomic mass is 9.67. The molecule has 0 spiro atoms. The smallest absolute Gasteiger partial charge is 0.0725 e. The Balaban J connectivity index is 1.93. The molecule has 0 aromatic carbocycles. The molecule has 1 aromatic heterocycles. The fraction of sp³-hybridized carbons (Fsp3) is 0.923. The lowest BCUT2D eigenvalue weighted by Gasteiger charge is -2.39. The van der Waals surface area contributed by atoms with E-state index >= 15 is 0 Å². The van der Waals surface area contributed by atoms with Gasteiger partial charge in [-0.25, -0.2) is 4.68 Å². The summed E-state index contributed by atoms with van der Waals surface area (Å²) in [5, 5.41) is 12.6. The van der Waals surface area contributed by atoms with E-state index in [2.05, 4.69) is 61.9 Å². The SMILES string of the molecule is CCCCCCC(C)(CCC)C1(Cn2nncc2CCCNC(C)(C)CCC)CC1. The molecule has 174 valence electrons. The minimum Gasteiger partial charge on any atom is -0.312 e. The van der Waals surface area contributed by atoms with Gasteiger partial charge in [-0.05, 0) is 76.2 Å². The van der Waals surface area contributed by atoms with Crippen LogP contribution >= 0.6 is 0 Å². The van der Waals surface area contributed by atoms with Gasteiger partial charge in [-0.3, -0.25) is 0 Å². The molecule has 1 atom stereocenters. The van der Waals surface area contributed by atoms with Crippen molar-refractivity contribution in [3.63, 3.8) is 0 Å². The molecule has 1 aliphatic rings. The second-order valence-corrected chi connectivity index (χ2v) is 10.9. The van der Waals surface area contributed by atoms with Crippen LogP contribution in [0.4, 0.5) is 0 Å². The van der Waals surface area contributed by atoms with E-state index in [-0.39, 0.29) is 5.54 Å². The Morgan fingerprint density at radius 3 is 2.30 bits per heavy atom. The van der Waals surface area contributed by atoms with Crippen LogP contribution < -0.4 is 5.32 Å². The third-order valence-corrected chi connectivity index (χ3v) is 7.76. The number of aromatic nitrogens is 3. The second-order valence-electron chi connectivity index (χ2n) is 10.9. The molecule has 1 saturated carbocycles. The van der Waals surface area contributed by atoms with Crippen LogP contribution in [0.25, 0.3) is 0 Å². The zero-order valence-electron chi connectivity index (χ0n) is 21.0. The van der Waals surface area contributed by atoms with E-state index in [1.807, 2.05) is 6.20 Å². The van der Waals surface area contributed by atoms with Gasteiger partial charge in [0.25, 0.3) is 0 Å². The zero-order chi connectivity index (χ0) is 22.1. The summed E-state index contributed by atoms with van der Waals surface area (Å²) >= 11 is 0. The molecular formula is C26H50N4. The van der Waals surface area contributed by atoms with Crippen LogP contribution in [-0.2, 0) is 13.0 Å². The van der Waals surface area contributed by atoms with Gasteiger partial charge in [0.05, 0.1) is 11.9 Å². The summed E-state index contributed by atoms with van der Waals surface area (Å²) < 4.78 is 2.25. The maximum Gasteiger partial charge on any atom is 0.0725 e. The number of rotatable bonds is 17. The highest BCUT2D eigenvalue weighted by Gasteiger charge is 2.55. The first kappa shape index (κ1) is 25.4. The molecule has 1 heterocycles. The third-order valence-electron chi connectivity index (χ3n) is 7.76. The number of nitrogens with one attached hydrogen (secondary N) is 1. The van der Waals surface area contributed by atoms with Crippen molar-refractivity contribution in [1.82, 2.24) is 20.3 Å². The molecule has 4 heteroatoms. The van der Waals surface area contributed by atoms with Crippen LogP contribution in [0.2, 0.25) is 0 Å². The first-order chi connectivity index (χ1) is 14.3. The number of aryl methyl sites for hydroxylation is 1. The predicted octanol–water partition coefficient (Wildman–Crippen LogP) is 6.94. The van der Waals surface area contributed by atoms with Crippen LogP contribution in [0.5, 0.6) is 0 Å². The van der Waals surface area contributed by atoms with E-state index in [1.54, 1.807) is 0 Å². The third kappa shape index (κ3) is 7.07. The summed E-state index contributed by atoms with van der Waals surface area (Å²) in [4.78, 5) is 0. The number of nitrogens with zero attached hydrogens (tertiary/aromatic N) is 3. The van der Waals surface area contributed by atoms with Gasteiger partial charge in [0.2, 0.25) is 0 Å². The fourth-order valence-electron chi connectivity index (χ4n) is 5.55. The molecule has 0 amide bonds. The van der Waals surface area contributed by atoms with E-state index in [0.717, 1.165) is 25.9 Å². The summed E-state index contributed by atoms with van der Waals surface area (Å²) in [7, 11) is 0. The van der Waals surface area contributed by atoms with E-state index in [0.29, 0.717) is 10.8 Å². The molecule has 4 nitrogen and oxygen atoms in total. The molecule has 1 unspecified atom stereocenters. The Labute approximate surface area is 187 Å². The molecule has 2 rings (SSSR count). The van der Waals surface area contributed by atoms with Crippen molar-refractivity contribution in [3.8, 4) is 0 Å². The van der Waals surface area contributed by atoms with Crippen LogP contribution in [0.15, 0.2) is 6.20 Å².